The summed E-state index contributed by atoms with van der Waals surface area (Å²) in [4.78, 5) is 14.6. The summed E-state index contributed by atoms with van der Waals surface area (Å²) in [5.74, 6) is 0.279. The topological polar surface area (TPSA) is 92.4 Å². The molecule has 0 atom stereocenters. The molecule has 0 spiro atoms. The first-order chi connectivity index (χ1) is 7.36. The zero-order valence-electron chi connectivity index (χ0n) is 7.78. The molecule has 0 bridgehead atoms. The van der Waals surface area contributed by atoms with Crippen molar-refractivity contribution in [2.75, 3.05) is 0 Å². The lowest BCUT2D eigenvalue weighted by atomic mass is 10.4. The molecule has 0 radical (unpaired) electrons. The Bertz CT molecular complexity index is 549. The first-order valence-corrected chi connectivity index (χ1v) is 4.18. The average Bonchev–Trinajstić information content (AvgIpc) is 2.64. The Morgan fingerprint density at radius 3 is 3.13 bits per heavy atom. The van der Waals surface area contributed by atoms with Gasteiger partial charge in [-0.2, -0.15) is 0 Å². The predicted molar refractivity (Wildman–Crippen MR) is 54.3 cm³/mol. The van der Waals surface area contributed by atoms with E-state index < -0.39 is 0 Å². The molecule has 0 aliphatic rings. The van der Waals surface area contributed by atoms with Crippen molar-refractivity contribution in [3.8, 4) is 0 Å². The summed E-state index contributed by atoms with van der Waals surface area (Å²) >= 11 is 0. The van der Waals surface area contributed by atoms with Crippen molar-refractivity contribution in [1.82, 2.24) is 19.5 Å². The van der Waals surface area contributed by atoms with E-state index in [1.54, 1.807) is 17.0 Å². The predicted octanol–water partition coefficient (Wildman–Crippen LogP) is 1.95. The fourth-order valence-corrected chi connectivity index (χ4v) is 1.29. The lowest BCUT2D eigenvalue weighted by molar-refractivity contribution is 0.849. The Hall–Kier alpha value is -2.40. The molecule has 0 aromatic carbocycles. The molecule has 0 unspecified atom stereocenters. The van der Waals surface area contributed by atoms with Crippen LogP contribution in [0.25, 0.3) is 21.6 Å². The standard InChI is InChI=1S/C8H7N7/c1-2-3-15-5-12-7-6(15)8(13-14-9)11-4-10-7/h2,4-5H,1,3H2. The molecule has 2 rings (SSSR count). The monoisotopic (exact) mass is 201 g/mol. The van der Waals surface area contributed by atoms with E-state index in [1.807, 2.05) is 0 Å². The number of allylic oxidation sites excluding steroid dienone is 1. The highest BCUT2D eigenvalue weighted by atomic mass is 15.2. The van der Waals surface area contributed by atoms with Crippen molar-refractivity contribution < 1.29 is 0 Å². The number of hydrogen-bond donors (Lipinski definition) is 0. The molecular weight excluding hydrogens is 194 g/mol. The minimum atomic E-state index is 0.279. The largest absolute Gasteiger partial charge is 0.324 e. The number of rotatable bonds is 3. The maximum absolute atomic E-state index is 8.39. The van der Waals surface area contributed by atoms with Crippen molar-refractivity contribution >= 4 is 17.0 Å². The fourth-order valence-electron chi connectivity index (χ4n) is 1.29. The first kappa shape index (κ1) is 9.17. The number of aromatic nitrogens is 4. The van der Waals surface area contributed by atoms with Gasteiger partial charge in [-0.25, -0.2) is 15.0 Å². The molecular formula is C8H7N7. The van der Waals surface area contributed by atoms with Gasteiger partial charge >= 0.3 is 0 Å². The molecule has 0 amide bonds. The zero-order chi connectivity index (χ0) is 10.7. The second-order valence-corrected chi connectivity index (χ2v) is 2.74. The van der Waals surface area contributed by atoms with Crippen molar-refractivity contribution in [1.29, 1.82) is 0 Å². The highest BCUT2D eigenvalue weighted by molar-refractivity contribution is 5.81. The van der Waals surface area contributed by atoms with E-state index in [2.05, 4.69) is 31.6 Å². The lowest BCUT2D eigenvalue weighted by Crippen LogP contribution is -1.93. The SMILES string of the molecule is C=CCn1cnc2ncnc(N=[N+]=[N-])c21. The molecule has 15 heavy (non-hydrogen) atoms. The Kier molecular flexibility index (Phi) is 2.30. The summed E-state index contributed by atoms with van der Waals surface area (Å²) in [6.07, 6.45) is 4.64. The van der Waals surface area contributed by atoms with E-state index in [4.69, 9.17) is 5.53 Å². The van der Waals surface area contributed by atoms with Crippen LogP contribution < -0.4 is 0 Å². The van der Waals surface area contributed by atoms with Gasteiger partial charge in [-0.1, -0.05) is 6.08 Å². The maximum Gasteiger partial charge on any atom is 0.181 e. The van der Waals surface area contributed by atoms with Gasteiger partial charge in [0.15, 0.2) is 11.5 Å². The summed E-state index contributed by atoms with van der Waals surface area (Å²) in [7, 11) is 0. The second-order valence-electron chi connectivity index (χ2n) is 2.74. The van der Waals surface area contributed by atoms with Crippen LogP contribution in [0, 0.1) is 0 Å². The van der Waals surface area contributed by atoms with Gasteiger partial charge in [-0.15, -0.1) is 6.58 Å². The van der Waals surface area contributed by atoms with Crippen LogP contribution in [0.2, 0.25) is 0 Å². The second kappa shape index (κ2) is 3.77. The molecule has 0 fully saturated rings. The molecule has 7 nitrogen and oxygen atoms in total. The number of hydrogen-bond acceptors (Lipinski definition) is 4. The maximum atomic E-state index is 8.39. The van der Waals surface area contributed by atoms with Crippen molar-refractivity contribution in [3.05, 3.63) is 35.8 Å². The van der Waals surface area contributed by atoms with Crippen molar-refractivity contribution in [3.63, 3.8) is 0 Å². The van der Waals surface area contributed by atoms with Gasteiger partial charge in [0.2, 0.25) is 0 Å². The number of imidazole rings is 1. The van der Waals surface area contributed by atoms with Gasteiger partial charge < -0.3 is 4.57 Å². The van der Waals surface area contributed by atoms with E-state index in [1.165, 1.54) is 6.33 Å². The van der Waals surface area contributed by atoms with E-state index in [0.717, 1.165) is 0 Å². The summed E-state index contributed by atoms with van der Waals surface area (Å²) < 4.78 is 1.77. The molecule has 2 heterocycles. The Morgan fingerprint density at radius 2 is 2.40 bits per heavy atom. The molecule has 0 saturated heterocycles. The van der Waals surface area contributed by atoms with Crippen LogP contribution in [0.5, 0.6) is 0 Å². The van der Waals surface area contributed by atoms with Crippen LogP contribution in [-0.2, 0) is 6.54 Å². The average molecular weight is 201 g/mol. The van der Waals surface area contributed by atoms with Gasteiger partial charge in [0.1, 0.15) is 11.8 Å². The highest BCUT2D eigenvalue weighted by Gasteiger charge is 2.07. The third kappa shape index (κ3) is 1.51. The van der Waals surface area contributed by atoms with E-state index >= 15 is 0 Å². The van der Waals surface area contributed by atoms with Crippen molar-refractivity contribution in [2.45, 2.75) is 6.54 Å². The van der Waals surface area contributed by atoms with Crippen LogP contribution in [0.4, 0.5) is 5.82 Å². The van der Waals surface area contributed by atoms with Gasteiger partial charge in [0, 0.05) is 11.5 Å². The highest BCUT2D eigenvalue weighted by Crippen LogP contribution is 2.20. The van der Waals surface area contributed by atoms with Gasteiger partial charge in [0.25, 0.3) is 0 Å². The Balaban J connectivity index is 2.73. The van der Waals surface area contributed by atoms with E-state index in [-0.39, 0.29) is 5.82 Å². The first-order valence-electron chi connectivity index (χ1n) is 4.18. The third-order valence-electron chi connectivity index (χ3n) is 1.86. The molecule has 0 N–H and O–H groups in total. The van der Waals surface area contributed by atoms with Gasteiger partial charge in [-0.3, -0.25) is 0 Å². The van der Waals surface area contributed by atoms with Gasteiger partial charge in [-0.05, 0) is 10.6 Å². The van der Waals surface area contributed by atoms with Crippen LogP contribution in [0.3, 0.4) is 0 Å². The van der Waals surface area contributed by atoms with Crippen molar-refractivity contribution in [2.24, 2.45) is 5.11 Å². The zero-order valence-corrected chi connectivity index (χ0v) is 7.78. The molecule has 74 valence electrons. The van der Waals surface area contributed by atoms with Crippen LogP contribution in [0.1, 0.15) is 0 Å². The van der Waals surface area contributed by atoms with Crippen LogP contribution >= 0.6 is 0 Å². The smallest absolute Gasteiger partial charge is 0.181 e. The summed E-state index contributed by atoms with van der Waals surface area (Å²) in [6, 6.07) is 0. The Morgan fingerprint density at radius 1 is 1.53 bits per heavy atom. The van der Waals surface area contributed by atoms with Gasteiger partial charge in [0.05, 0.1) is 6.33 Å². The fraction of sp³-hybridized carbons (Fsp3) is 0.125. The molecule has 2 aromatic rings. The molecule has 2 aromatic heterocycles. The molecule has 0 aliphatic heterocycles. The summed E-state index contributed by atoms with van der Waals surface area (Å²) in [6.45, 7) is 4.19. The number of azide groups is 1. The lowest BCUT2D eigenvalue weighted by Gasteiger charge is -1.99. The quantitative estimate of drug-likeness (QED) is 0.329. The minimum absolute atomic E-state index is 0.279. The van der Waals surface area contributed by atoms with Crippen LogP contribution in [-0.4, -0.2) is 19.5 Å². The number of fused-ring (bicyclic) bond motifs is 1. The molecule has 0 aliphatic carbocycles. The van der Waals surface area contributed by atoms with E-state index in [0.29, 0.717) is 17.7 Å². The van der Waals surface area contributed by atoms with Crippen LogP contribution in [0.15, 0.2) is 30.4 Å². The minimum Gasteiger partial charge on any atom is -0.324 e. The molecule has 7 heteroatoms. The summed E-state index contributed by atoms with van der Waals surface area (Å²) in [5.41, 5.74) is 9.51. The third-order valence-corrected chi connectivity index (χ3v) is 1.86. The number of nitrogens with zero attached hydrogens (tertiary/aromatic N) is 7. The van der Waals surface area contributed by atoms with E-state index in [9.17, 15) is 0 Å². The molecule has 0 saturated carbocycles. The summed E-state index contributed by atoms with van der Waals surface area (Å²) in [5, 5.41) is 3.48. The Labute approximate surface area is 84.7 Å². The normalized spacial score (nSPS) is 9.87.